The number of benzene rings is 1. The van der Waals surface area contributed by atoms with Crippen LogP contribution in [0.2, 0.25) is 5.02 Å². The highest BCUT2D eigenvalue weighted by molar-refractivity contribution is 6.50. The summed E-state index contributed by atoms with van der Waals surface area (Å²) in [4.78, 5) is 0. The van der Waals surface area contributed by atoms with Gasteiger partial charge in [0.25, 0.3) is 0 Å². The molecule has 0 aliphatic heterocycles. The van der Waals surface area contributed by atoms with Crippen molar-refractivity contribution in [1.82, 2.24) is 0 Å². The summed E-state index contributed by atoms with van der Waals surface area (Å²) in [5.74, 6) is 0. The number of pyridine rings is 1. The van der Waals surface area contributed by atoms with Crippen molar-refractivity contribution in [3.8, 4) is 0 Å². The topological polar surface area (TPSA) is 28.6 Å². The maximum Gasteiger partial charge on any atom is 0.673 e. The smallest absolute Gasteiger partial charge is 0.418 e. The fourth-order valence-electron chi connectivity index (χ4n) is 1.35. The molecule has 0 unspecified atom stereocenters. The largest absolute Gasteiger partial charge is 0.673 e. The number of nitrogens with zero attached hydrogens (tertiary/aromatic N) is 3. The molecule has 1 heterocycles. The molecule has 0 amide bonds. The molecule has 0 saturated carbocycles. The second-order valence-electron chi connectivity index (χ2n) is 4.06. The summed E-state index contributed by atoms with van der Waals surface area (Å²) in [5, 5.41) is 8.98. The van der Waals surface area contributed by atoms with E-state index in [9.17, 15) is 17.3 Å². The lowest BCUT2D eigenvalue weighted by Gasteiger charge is -1.94. The predicted molar refractivity (Wildman–Crippen MR) is 78.1 cm³/mol. The monoisotopic (exact) mass is 333 g/mol. The summed E-state index contributed by atoms with van der Waals surface area (Å²) in [6, 6.07) is 11.1. The fourth-order valence-corrected chi connectivity index (χ4v) is 1.48. The molecule has 3 nitrogen and oxygen atoms in total. The highest BCUT2D eigenvalue weighted by Crippen LogP contribution is 2.19. The van der Waals surface area contributed by atoms with Crippen LogP contribution in [0.3, 0.4) is 0 Å². The summed E-state index contributed by atoms with van der Waals surface area (Å²) in [5.41, 5.74) is 1.63. The lowest BCUT2D eigenvalue weighted by Crippen LogP contribution is -2.30. The number of hydrogen-bond donors (Lipinski definition) is 0. The van der Waals surface area contributed by atoms with Crippen LogP contribution < -0.4 is 4.57 Å². The number of rotatable bonds is 3. The van der Waals surface area contributed by atoms with E-state index in [1.54, 1.807) is 12.1 Å². The highest BCUT2D eigenvalue weighted by atomic mass is 35.5. The molecule has 0 aliphatic carbocycles. The Morgan fingerprint density at radius 3 is 1.73 bits per heavy atom. The van der Waals surface area contributed by atoms with Crippen molar-refractivity contribution in [2.45, 2.75) is 13.5 Å². The third-order valence-electron chi connectivity index (χ3n) is 2.35. The third kappa shape index (κ3) is 8.36. The van der Waals surface area contributed by atoms with Crippen LogP contribution in [0.4, 0.5) is 28.6 Å². The van der Waals surface area contributed by atoms with Gasteiger partial charge in [0.1, 0.15) is 6.54 Å². The van der Waals surface area contributed by atoms with Gasteiger partial charge in [0, 0.05) is 17.2 Å². The first-order chi connectivity index (χ1) is 10.3. The zero-order valence-corrected chi connectivity index (χ0v) is 12.4. The van der Waals surface area contributed by atoms with E-state index in [1.165, 1.54) is 0 Å². The number of aromatic nitrogens is 1. The average Bonchev–Trinajstić information content (AvgIpc) is 2.45. The third-order valence-corrected chi connectivity index (χ3v) is 2.60. The molecular weight excluding hydrogens is 320 g/mol. The van der Waals surface area contributed by atoms with Gasteiger partial charge in [-0.05, 0) is 31.2 Å². The van der Waals surface area contributed by atoms with Gasteiger partial charge in [-0.3, -0.25) is 0 Å². The molecule has 0 spiro atoms. The maximum absolute atomic E-state index is 9.75. The summed E-state index contributed by atoms with van der Waals surface area (Å²) >= 11 is 5.79. The Balaban J connectivity index is 0.000000422. The van der Waals surface area contributed by atoms with Gasteiger partial charge in [-0.25, -0.2) is 4.57 Å². The fraction of sp³-hybridized carbons (Fsp3) is 0.154. The van der Waals surface area contributed by atoms with Crippen molar-refractivity contribution >= 4 is 30.2 Å². The van der Waals surface area contributed by atoms with Crippen molar-refractivity contribution in [3.63, 3.8) is 0 Å². The van der Waals surface area contributed by atoms with E-state index in [4.69, 9.17) is 11.6 Å². The SMILES string of the molecule is CC[n+]1ccc(N=Nc2ccc(Cl)cc2)cc1.F[B-](F)(F)F. The van der Waals surface area contributed by atoms with Crippen LogP contribution >= 0.6 is 11.6 Å². The van der Waals surface area contributed by atoms with Crippen LogP contribution in [0.15, 0.2) is 59.0 Å². The van der Waals surface area contributed by atoms with Gasteiger partial charge in [-0.15, -0.1) is 0 Å². The molecule has 2 rings (SSSR count). The Hall–Kier alpha value is -1.96. The first-order valence-electron chi connectivity index (χ1n) is 6.31. The van der Waals surface area contributed by atoms with Crippen molar-refractivity contribution in [2.75, 3.05) is 0 Å². The molecule has 0 fully saturated rings. The van der Waals surface area contributed by atoms with Gasteiger partial charge in [-0.2, -0.15) is 10.2 Å². The lowest BCUT2D eigenvalue weighted by molar-refractivity contribution is -0.693. The molecule has 0 aliphatic rings. The van der Waals surface area contributed by atoms with E-state index in [-0.39, 0.29) is 0 Å². The Kier molecular flexibility index (Phi) is 6.97. The normalized spacial score (nSPS) is 11.2. The molecule has 118 valence electrons. The van der Waals surface area contributed by atoms with Crippen LogP contribution in [0, 0.1) is 0 Å². The van der Waals surface area contributed by atoms with E-state index in [0.29, 0.717) is 5.02 Å². The van der Waals surface area contributed by atoms with Gasteiger partial charge in [0.05, 0.1) is 11.4 Å². The molecule has 1 aromatic heterocycles. The second-order valence-corrected chi connectivity index (χ2v) is 4.49. The van der Waals surface area contributed by atoms with E-state index < -0.39 is 7.25 Å². The highest BCUT2D eigenvalue weighted by Gasteiger charge is 2.20. The molecule has 1 aromatic carbocycles. The zero-order valence-electron chi connectivity index (χ0n) is 11.6. The predicted octanol–water partition coefficient (Wildman–Crippen LogP) is 5.36. The maximum atomic E-state index is 9.75. The summed E-state index contributed by atoms with van der Waals surface area (Å²) < 4.78 is 41.1. The van der Waals surface area contributed by atoms with Gasteiger partial charge in [0.15, 0.2) is 12.4 Å². The molecule has 22 heavy (non-hydrogen) atoms. The van der Waals surface area contributed by atoms with Crippen molar-refractivity contribution in [1.29, 1.82) is 0 Å². The van der Waals surface area contributed by atoms with Crippen LogP contribution in [0.1, 0.15) is 6.92 Å². The molecule has 9 heteroatoms. The number of halogens is 5. The molecule has 0 N–H and O–H groups in total. The molecule has 0 bridgehead atoms. The van der Waals surface area contributed by atoms with Crippen LogP contribution in [0.25, 0.3) is 0 Å². The first-order valence-corrected chi connectivity index (χ1v) is 6.69. The molecule has 0 atom stereocenters. The van der Waals surface area contributed by atoms with E-state index in [0.717, 1.165) is 17.9 Å². The van der Waals surface area contributed by atoms with Crippen molar-refractivity contribution in [2.24, 2.45) is 10.2 Å². The molecular formula is C13H13BClF4N3. The van der Waals surface area contributed by atoms with Crippen molar-refractivity contribution < 1.29 is 21.8 Å². The van der Waals surface area contributed by atoms with Crippen LogP contribution in [0.5, 0.6) is 0 Å². The Labute approximate surface area is 130 Å². The minimum absolute atomic E-state index is 0.702. The Bertz CT molecular complexity index is 594. The van der Waals surface area contributed by atoms with Crippen LogP contribution in [-0.4, -0.2) is 7.25 Å². The van der Waals surface area contributed by atoms with Crippen LogP contribution in [-0.2, 0) is 6.54 Å². The quantitative estimate of drug-likeness (QED) is 0.313. The van der Waals surface area contributed by atoms with E-state index in [1.807, 2.05) is 36.7 Å². The Morgan fingerprint density at radius 2 is 1.32 bits per heavy atom. The first kappa shape index (κ1) is 18.1. The number of aryl methyl sites for hydroxylation is 1. The molecule has 0 radical (unpaired) electrons. The summed E-state index contributed by atoms with van der Waals surface area (Å²) in [6.45, 7) is 3.05. The van der Waals surface area contributed by atoms with Gasteiger partial charge < -0.3 is 17.3 Å². The van der Waals surface area contributed by atoms with E-state index >= 15 is 0 Å². The number of azo groups is 1. The van der Waals surface area contributed by atoms with Crippen molar-refractivity contribution in [3.05, 3.63) is 53.8 Å². The minimum Gasteiger partial charge on any atom is -0.418 e. The number of hydrogen-bond acceptors (Lipinski definition) is 2. The average molecular weight is 334 g/mol. The van der Waals surface area contributed by atoms with Gasteiger partial charge >= 0.3 is 7.25 Å². The zero-order chi connectivity index (χ0) is 16.6. The van der Waals surface area contributed by atoms with E-state index in [2.05, 4.69) is 21.7 Å². The summed E-state index contributed by atoms with van der Waals surface area (Å²) in [7, 11) is -6.00. The van der Waals surface area contributed by atoms with Gasteiger partial charge in [0.2, 0.25) is 0 Å². The molecule has 0 saturated heterocycles. The van der Waals surface area contributed by atoms with Gasteiger partial charge in [-0.1, -0.05) is 11.6 Å². The standard InChI is InChI=1S/C13H13ClN3.BF4/c1-2-17-9-7-13(8-10-17)16-15-12-5-3-11(14)4-6-12;2-1(3,4)5/h3-10H,2H2,1H3;/q+1;-1. The Morgan fingerprint density at radius 1 is 0.909 bits per heavy atom. The second kappa shape index (κ2) is 8.48. The molecule has 2 aromatic rings. The lowest BCUT2D eigenvalue weighted by atomic mass is 10.3. The summed E-state index contributed by atoms with van der Waals surface area (Å²) in [6.07, 6.45) is 3.96. The minimum atomic E-state index is -6.00.